The molecule has 1 aromatic heterocycles. The lowest BCUT2D eigenvalue weighted by molar-refractivity contribution is 0.220. The minimum Gasteiger partial charge on any atom is -0.384 e. The lowest BCUT2D eigenvalue weighted by Crippen LogP contribution is -2.01. The molecule has 3 nitrogen and oxygen atoms in total. The van der Waals surface area contributed by atoms with Crippen molar-refractivity contribution < 1.29 is 5.11 Å². The molecule has 1 unspecified atom stereocenters. The van der Waals surface area contributed by atoms with Gasteiger partial charge < -0.3 is 5.11 Å². The number of aliphatic hydroxyl groups is 1. The molecule has 1 heterocycles. The number of aliphatic hydroxyl groups excluding tert-OH is 1. The van der Waals surface area contributed by atoms with Crippen molar-refractivity contribution in [2.75, 3.05) is 0 Å². The maximum atomic E-state index is 10.6. The number of aryl methyl sites for hydroxylation is 1. The zero-order valence-electron chi connectivity index (χ0n) is 14.6. The van der Waals surface area contributed by atoms with Crippen LogP contribution in [0, 0.1) is 6.92 Å². The number of nitrogens with zero attached hydrogens (tertiary/aromatic N) is 2. The molecule has 0 saturated heterocycles. The zero-order chi connectivity index (χ0) is 17.9. The second kappa shape index (κ2) is 6.98. The summed E-state index contributed by atoms with van der Waals surface area (Å²) in [5.74, 6) is 0. The van der Waals surface area contributed by atoms with Crippen molar-refractivity contribution in [2.24, 2.45) is 0 Å². The molecule has 0 saturated carbocycles. The van der Waals surface area contributed by atoms with E-state index < -0.39 is 6.10 Å². The molecule has 0 bridgehead atoms. The molecule has 1 N–H and O–H groups in total. The second-order valence-electron chi connectivity index (χ2n) is 6.36. The molecule has 4 aromatic rings. The molecule has 4 rings (SSSR count). The fourth-order valence-electron chi connectivity index (χ4n) is 3.27. The Labute approximate surface area is 153 Å². The Bertz CT molecular complexity index is 990. The number of benzene rings is 3. The first-order valence-electron chi connectivity index (χ1n) is 8.67. The average Bonchev–Trinajstić information content (AvgIpc) is 3.22. The number of hydrogen-bond donors (Lipinski definition) is 1. The van der Waals surface area contributed by atoms with Crippen LogP contribution in [0.25, 0.3) is 16.8 Å². The van der Waals surface area contributed by atoms with Gasteiger partial charge in [0.2, 0.25) is 0 Å². The van der Waals surface area contributed by atoms with Gasteiger partial charge in [0.15, 0.2) is 0 Å². The van der Waals surface area contributed by atoms with Gasteiger partial charge in [0, 0.05) is 18.0 Å². The smallest absolute Gasteiger partial charge is 0.104 e. The van der Waals surface area contributed by atoms with Crippen LogP contribution in [0.15, 0.2) is 91.3 Å². The van der Waals surface area contributed by atoms with Crippen LogP contribution in [-0.4, -0.2) is 14.9 Å². The van der Waals surface area contributed by atoms with Gasteiger partial charge in [0.1, 0.15) is 6.10 Å². The Kier molecular flexibility index (Phi) is 4.38. The molecule has 0 aliphatic carbocycles. The quantitative estimate of drug-likeness (QED) is 0.572. The van der Waals surface area contributed by atoms with Gasteiger partial charge in [0.25, 0.3) is 0 Å². The Morgan fingerprint density at radius 1 is 0.808 bits per heavy atom. The van der Waals surface area contributed by atoms with Gasteiger partial charge in [-0.25, -0.2) is 4.68 Å². The van der Waals surface area contributed by atoms with Crippen molar-refractivity contribution in [1.29, 1.82) is 0 Å². The first-order valence-corrected chi connectivity index (χ1v) is 8.67. The molecule has 0 fully saturated rings. The molecule has 128 valence electrons. The van der Waals surface area contributed by atoms with Crippen LogP contribution in [0.1, 0.15) is 22.8 Å². The molecule has 0 spiro atoms. The minimum atomic E-state index is -0.617. The van der Waals surface area contributed by atoms with E-state index >= 15 is 0 Å². The van der Waals surface area contributed by atoms with Crippen molar-refractivity contribution in [1.82, 2.24) is 9.78 Å². The van der Waals surface area contributed by atoms with Gasteiger partial charge in [-0.1, -0.05) is 72.8 Å². The maximum Gasteiger partial charge on any atom is 0.104 e. The lowest BCUT2D eigenvalue weighted by Gasteiger charge is -2.15. The summed E-state index contributed by atoms with van der Waals surface area (Å²) in [6, 6.07) is 26.0. The van der Waals surface area contributed by atoms with Crippen LogP contribution in [0.5, 0.6) is 0 Å². The lowest BCUT2D eigenvalue weighted by atomic mass is 9.96. The Hall–Kier alpha value is -3.17. The number of aromatic nitrogens is 2. The molecular weight excluding hydrogens is 320 g/mol. The molecule has 0 amide bonds. The van der Waals surface area contributed by atoms with Gasteiger partial charge in [-0.2, -0.15) is 5.10 Å². The summed E-state index contributed by atoms with van der Waals surface area (Å²) < 4.78 is 1.90. The van der Waals surface area contributed by atoms with Gasteiger partial charge >= 0.3 is 0 Å². The fraction of sp³-hybridized carbons (Fsp3) is 0.0870. The summed E-state index contributed by atoms with van der Waals surface area (Å²) in [5.41, 5.74) is 6.24. The summed E-state index contributed by atoms with van der Waals surface area (Å²) in [6.45, 7) is 2.09. The van der Waals surface area contributed by atoms with Crippen LogP contribution in [0.4, 0.5) is 0 Å². The van der Waals surface area contributed by atoms with Crippen LogP contribution < -0.4 is 0 Å². The van der Waals surface area contributed by atoms with E-state index in [-0.39, 0.29) is 0 Å². The van der Waals surface area contributed by atoms with Crippen molar-refractivity contribution in [3.05, 3.63) is 108 Å². The van der Waals surface area contributed by atoms with E-state index in [0.717, 1.165) is 27.9 Å². The number of para-hydroxylation sites is 1. The maximum absolute atomic E-state index is 10.6. The number of rotatable bonds is 4. The van der Waals surface area contributed by atoms with Crippen molar-refractivity contribution in [3.63, 3.8) is 0 Å². The molecule has 3 aromatic carbocycles. The van der Waals surface area contributed by atoms with E-state index in [1.807, 2.05) is 59.4 Å². The van der Waals surface area contributed by atoms with Crippen LogP contribution in [-0.2, 0) is 0 Å². The fourth-order valence-corrected chi connectivity index (χ4v) is 3.27. The highest BCUT2D eigenvalue weighted by molar-refractivity contribution is 5.75. The van der Waals surface area contributed by atoms with Gasteiger partial charge in [0.05, 0.1) is 5.69 Å². The van der Waals surface area contributed by atoms with E-state index in [0.29, 0.717) is 0 Å². The predicted octanol–water partition coefficient (Wildman–Crippen LogP) is 4.93. The van der Waals surface area contributed by atoms with Gasteiger partial charge in [-0.15, -0.1) is 0 Å². The highest BCUT2D eigenvalue weighted by Crippen LogP contribution is 2.31. The van der Waals surface area contributed by atoms with E-state index in [9.17, 15) is 5.11 Å². The van der Waals surface area contributed by atoms with Crippen LogP contribution >= 0.6 is 0 Å². The predicted molar refractivity (Wildman–Crippen MR) is 104 cm³/mol. The van der Waals surface area contributed by atoms with Crippen LogP contribution in [0.2, 0.25) is 0 Å². The summed E-state index contributed by atoms with van der Waals surface area (Å²) in [4.78, 5) is 0. The SMILES string of the molecule is Cc1cccc(-c2ccc(C(O)c3ccccc3)cc2)c1-n1cccn1. The van der Waals surface area contributed by atoms with Gasteiger partial charge in [-0.3, -0.25) is 0 Å². The monoisotopic (exact) mass is 340 g/mol. The highest BCUT2D eigenvalue weighted by atomic mass is 16.3. The summed E-state index contributed by atoms with van der Waals surface area (Å²) in [7, 11) is 0. The minimum absolute atomic E-state index is 0.617. The Balaban J connectivity index is 1.72. The third-order valence-corrected chi connectivity index (χ3v) is 4.62. The third kappa shape index (κ3) is 3.05. The third-order valence-electron chi connectivity index (χ3n) is 4.62. The van der Waals surface area contributed by atoms with E-state index in [4.69, 9.17) is 0 Å². The first kappa shape index (κ1) is 16.3. The van der Waals surface area contributed by atoms with Crippen molar-refractivity contribution >= 4 is 0 Å². The molecule has 1 atom stereocenters. The molecule has 0 aliphatic heterocycles. The average molecular weight is 340 g/mol. The molecule has 0 aliphatic rings. The molecule has 3 heteroatoms. The summed E-state index contributed by atoms with van der Waals surface area (Å²) >= 11 is 0. The normalized spacial score (nSPS) is 12.1. The largest absolute Gasteiger partial charge is 0.384 e. The standard InChI is InChI=1S/C23H20N2O/c1-17-7-5-10-21(22(17)25-16-6-15-24-25)18-11-13-20(14-12-18)23(26)19-8-3-2-4-9-19/h2-16,23,26H,1H3. The first-order chi connectivity index (χ1) is 12.7. The van der Waals surface area contributed by atoms with Crippen molar-refractivity contribution in [2.45, 2.75) is 13.0 Å². The molecular formula is C23H20N2O. The molecule has 0 radical (unpaired) electrons. The van der Waals surface area contributed by atoms with E-state index in [2.05, 4.69) is 42.4 Å². The van der Waals surface area contributed by atoms with E-state index in [1.165, 1.54) is 5.56 Å². The van der Waals surface area contributed by atoms with Gasteiger partial charge in [-0.05, 0) is 35.2 Å². The number of hydrogen-bond acceptors (Lipinski definition) is 2. The highest BCUT2D eigenvalue weighted by Gasteiger charge is 2.13. The zero-order valence-corrected chi connectivity index (χ0v) is 14.6. The summed E-state index contributed by atoms with van der Waals surface area (Å²) in [5, 5.41) is 15.0. The Morgan fingerprint density at radius 2 is 1.54 bits per heavy atom. The molecule has 26 heavy (non-hydrogen) atoms. The topological polar surface area (TPSA) is 38.0 Å². The Morgan fingerprint density at radius 3 is 2.23 bits per heavy atom. The van der Waals surface area contributed by atoms with E-state index in [1.54, 1.807) is 6.20 Å². The summed E-state index contributed by atoms with van der Waals surface area (Å²) in [6.07, 6.45) is 3.13. The second-order valence-corrected chi connectivity index (χ2v) is 6.36. The van der Waals surface area contributed by atoms with Crippen LogP contribution in [0.3, 0.4) is 0 Å². The van der Waals surface area contributed by atoms with Crippen molar-refractivity contribution in [3.8, 4) is 16.8 Å².